The molecule has 1 aliphatic carbocycles. The minimum atomic E-state index is -1.04. The fourth-order valence-electron chi connectivity index (χ4n) is 1.81. The first kappa shape index (κ1) is 11.8. The molecule has 1 saturated carbocycles. The maximum absolute atomic E-state index is 10.9. The second-order valence-electron chi connectivity index (χ2n) is 3.77. The molecule has 1 fully saturated rings. The zero-order valence-corrected chi connectivity index (χ0v) is 8.92. The molecule has 4 N–H and O–H groups in total. The third-order valence-electron chi connectivity index (χ3n) is 2.61. The van der Waals surface area contributed by atoms with Gasteiger partial charge >= 0.3 is 5.97 Å². The number of thioether (sulfide) groups is 1. The van der Waals surface area contributed by atoms with Gasteiger partial charge in [-0.1, -0.05) is 0 Å². The number of carboxylic acids is 1. The van der Waals surface area contributed by atoms with Gasteiger partial charge in [-0.2, -0.15) is 11.8 Å². The minimum Gasteiger partial charge on any atom is -0.480 e. The van der Waals surface area contributed by atoms with Gasteiger partial charge in [0.2, 0.25) is 0 Å². The van der Waals surface area contributed by atoms with Gasteiger partial charge in [-0.15, -0.1) is 0 Å². The van der Waals surface area contributed by atoms with E-state index in [-0.39, 0.29) is 11.9 Å². The van der Waals surface area contributed by atoms with Crippen LogP contribution in [-0.4, -0.2) is 39.3 Å². The molecule has 0 bridgehead atoms. The predicted octanol–water partition coefficient (Wildman–Crippen LogP) is 0.437. The summed E-state index contributed by atoms with van der Waals surface area (Å²) in [4.78, 5) is 10.9. The summed E-state index contributed by atoms with van der Waals surface area (Å²) in [6, 6.07) is 0. The number of aliphatic carboxylic acids is 1. The van der Waals surface area contributed by atoms with Gasteiger partial charge in [0.05, 0.1) is 6.61 Å². The maximum Gasteiger partial charge on any atom is 0.323 e. The first-order valence-electron chi connectivity index (χ1n) is 4.83. The molecule has 0 amide bonds. The number of aliphatic hydroxyl groups excluding tert-OH is 1. The van der Waals surface area contributed by atoms with Gasteiger partial charge in [0.15, 0.2) is 0 Å². The number of carboxylic acid groups (broad SMARTS) is 1. The van der Waals surface area contributed by atoms with Crippen molar-refractivity contribution in [1.82, 2.24) is 0 Å². The van der Waals surface area contributed by atoms with Crippen molar-refractivity contribution in [2.24, 2.45) is 5.73 Å². The molecule has 0 heterocycles. The van der Waals surface area contributed by atoms with Crippen molar-refractivity contribution in [3.8, 4) is 0 Å². The van der Waals surface area contributed by atoms with Crippen LogP contribution in [-0.2, 0) is 4.79 Å². The van der Waals surface area contributed by atoms with Gasteiger partial charge < -0.3 is 15.9 Å². The fourth-order valence-corrected chi connectivity index (χ4v) is 3.00. The van der Waals surface area contributed by atoms with Gasteiger partial charge in [0, 0.05) is 11.0 Å². The molecule has 0 aromatic heterocycles. The molecule has 0 spiro atoms. The molecule has 5 heteroatoms. The Morgan fingerprint density at radius 2 is 2.36 bits per heavy atom. The van der Waals surface area contributed by atoms with Gasteiger partial charge in [0.1, 0.15) is 5.54 Å². The number of nitrogens with two attached hydrogens (primary N) is 1. The van der Waals surface area contributed by atoms with Gasteiger partial charge in [-0.25, -0.2) is 0 Å². The molecule has 0 aromatic carbocycles. The van der Waals surface area contributed by atoms with E-state index in [1.54, 1.807) is 11.8 Å². The Hall–Kier alpha value is -0.260. The van der Waals surface area contributed by atoms with Gasteiger partial charge in [-0.05, 0) is 25.7 Å². The molecule has 0 aromatic rings. The van der Waals surface area contributed by atoms with Crippen molar-refractivity contribution in [1.29, 1.82) is 0 Å². The number of hydrogen-bond acceptors (Lipinski definition) is 4. The SMILES string of the molecule is NC1(C(=O)O)CCCC(SCCO)C1. The van der Waals surface area contributed by atoms with Crippen molar-refractivity contribution in [3.05, 3.63) is 0 Å². The first-order valence-corrected chi connectivity index (χ1v) is 5.88. The minimum absolute atomic E-state index is 0.145. The molecule has 14 heavy (non-hydrogen) atoms. The van der Waals surface area contributed by atoms with E-state index < -0.39 is 11.5 Å². The monoisotopic (exact) mass is 219 g/mol. The molecule has 4 nitrogen and oxygen atoms in total. The molecular formula is C9H17NO3S. The lowest BCUT2D eigenvalue weighted by Gasteiger charge is -2.34. The standard InChI is InChI=1S/C9H17NO3S/c10-9(8(12)13)3-1-2-7(6-9)14-5-4-11/h7,11H,1-6,10H2,(H,12,13). The lowest BCUT2D eigenvalue weighted by Crippen LogP contribution is -2.52. The highest BCUT2D eigenvalue weighted by molar-refractivity contribution is 7.99. The molecule has 82 valence electrons. The topological polar surface area (TPSA) is 83.6 Å². The molecule has 0 radical (unpaired) electrons. The van der Waals surface area contributed by atoms with E-state index in [1.165, 1.54) is 0 Å². The van der Waals surface area contributed by atoms with Crippen molar-refractivity contribution in [3.63, 3.8) is 0 Å². The molecule has 1 rings (SSSR count). The van der Waals surface area contributed by atoms with Crippen LogP contribution in [0.15, 0.2) is 0 Å². The molecular weight excluding hydrogens is 202 g/mol. The quantitative estimate of drug-likeness (QED) is 0.639. The Labute approximate surface area is 87.9 Å². The van der Waals surface area contributed by atoms with Crippen molar-refractivity contribution in [2.45, 2.75) is 36.5 Å². The second-order valence-corrected chi connectivity index (χ2v) is 5.18. The van der Waals surface area contributed by atoms with Gasteiger partial charge in [0.25, 0.3) is 0 Å². The smallest absolute Gasteiger partial charge is 0.323 e. The van der Waals surface area contributed by atoms with E-state index >= 15 is 0 Å². The zero-order valence-electron chi connectivity index (χ0n) is 8.11. The van der Waals surface area contributed by atoms with Crippen LogP contribution in [0, 0.1) is 0 Å². The highest BCUT2D eigenvalue weighted by Gasteiger charge is 2.39. The maximum atomic E-state index is 10.9. The van der Waals surface area contributed by atoms with Crippen LogP contribution in [0.3, 0.4) is 0 Å². The largest absolute Gasteiger partial charge is 0.480 e. The summed E-state index contributed by atoms with van der Waals surface area (Å²) in [5.74, 6) is -0.229. The summed E-state index contributed by atoms with van der Waals surface area (Å²) in [7, 11) is 0. The number of rotatable bonds is 4. The third-order valence-corrected chi connectivity index (χ3v) is 3.90. The van der Waals surface area contributed by atoms with E-state index in [0.717, 1.165) is 12.8 Å². The van der Waals surface area contributed by atoms with E-state index in [2.05, 4.69) is 0 Å². The summed E-state index contributed by atoms with van der Waals surface area (Å²) in [6.45, 7) is 0.145. The van der Waals surface area contributed by atoms with E-state index in [0.29, 0.717) is 18.6 Å². The summed E-state index contributed by atoms with van der Waals surface area (Å²) >= 11 is 1.62. The van der Waals surface area contributed by atoms with Crippen LogP contribution in [0.2, 0.25) is 0 Å². The Morgan fingerprint density at radius 1 is 1.64 bits per heavy atom. The van der Waals surface area contributed by atoms with Crippen LogP contribution in [0.1, 0.15) is 25.7 Å². The number of aliphatic hydroxyl groups is 1. The lowest BCUT2D eigenvalue weighted by atomic mass is 9.82. The highest BCUT2D eigenvalue weighted by atomic mass is 32.2. The first-order chi connectivity index (χ1) is 6.58. The third kappa shape index (κ3) is 2.87. The van der Waals surface area contributed by atoms with Crippen molar-refractivity contribution < 1.29 is 15.0 Å². The molecule has 1 aliphatic rings. The Kier molecular flexibility index (Phi) is 4.22. The molecule has 0 aliphatic heterocycles. The van der Waals surface area contributed by atoms with Crippen LogP contribution < -0.4 is 5.73 Å². The van der Waals surface area contributed by atoms with Crippen LogP contribution >= 0.6 is 11.8 Å². The van der Waals surface area contributed by atoms with Crippen LogP contribution in [0.5, 0.6) is 0 Å². The van der Waals surface area contributed by atoms with Crippen molar-refractivity contribution in [2.75, 3.05) is 12.4 Å². The zero-order chi connectivity index (χ0) is 10.6. The van der Waals surface area contributed by atoms with Gasteiger partial charge in [-0.3, -0.25) is 4.79 Å². The summed E-state index contributed by atoms with van der Waals surface area (Å²) in [6.07, 6.45) is 2.97. The van der Waals surface area contributed by atoms with E-state index in [1.807, 2.05) is 0 Å². The predicted molar refractivity (Wildman–Crippen MR) is 56.4 cm³/mol. The number of hydrogen-bond donors (Lipinski definition) is 3. The van der Waals surface area contributed by atoms with Crippen molar-refractivity contribution >= 4 is 17.7 Å². The number of carbonyl (C=O) groups is 1. The lowest BCUT2D eigenvalue weighted by molar-refractivity contribution is -0.144. The Bertz CT molecular complexity index is 212. The Morgan fingerprint density at radius 3 is 2.93 bits per heavy atom. The van der Waals surface area contributed by atoms with Crippen LogP contribution in [0.4, 0.5) is 0 Å². The summed E-state index contributed by atoms with van der Waals surface area (Å²) < 4.78 is 0. The summed E-state index contributed by atoms with van der Waals surface area (Å²) in [5.41, 5.74) is 4.75. The molecule has 2 atom stereocenters. The molecule has 2 unspecified atom stereocenters. The normalized spacial score (nSPS) is 32.9. The fraction of sp³-hybridized carbons (Fsp3) is 0.889. The second kappa shape index (κ2) is 5.00. The van der Waals surface area contributed by atoms with E-state index in [4.69, 9.17) is 15.9 Å². The highest BCUT2D eigenvalue weighted by Crippen LogP contribution is 2.33. The Balaban J connectivity index is 2.46. The van der Waals surface area contributed by atoms with E-state index in [9.17, 15) is 4.79 Å². The average Bonchev–Trinajstić information content (AvgIpc) is 2.15. The summed E-state index contributed by atoms with van der Waals surface area (Å²) in [5, 5.41) is 17.9. The average molecular weight is 219 g/mol. The molecule has 0 saturated heterocycles. The van der Waals surface area contributed by atoms with Crippen LogP contribution in [0.25, 0.3) is 0 Å².